The molecule has 9 nitrogen and oxygen atoms in total. The van der Waals surface area contributed by atoms with Gasteiger partial charge in [0.25, 0.3) is 0 Å². The van der Waals surface area contributed by atoms with Crippen LogP contribution in [0.5, 0.6) is 5.75 Å². The minimum Gasteiger partial charge on any atom is -0.489 e. The number of esters is 3. The normalized spacial score (nSPS) is 10.6. The summed E-state index contributed by atoms with van der Waals surface area (Å²) in [6.07, 6.45) is 11.8. The molecule has 326 valence electrons. The van der Waals surface area contributed by atoms with Crippen molar-refractivity contribution in [3.05, 3.63) is 191 Å². The van der Waals surface area contributed by atoms with Gasteiger partial charge in [-0.1, -0.05) is 122 Å². The molecule has 0 saturated carbocycles. The summed E-state index contributed by atoms with van der Waals surface area (Å²) in [6.45, 7) is 8.34. The van der Waals surface area contributed by atoms with E-state index >= 15 is 0 Å². The van der Waals surface area contributed by atoms with Crippen LogP contribution >= 0.6 is 11.6 Å². The van der Waals surface area contributed by atoms with Crippen molar-refractivity contribution in [3.8, 4) is 41.1 Å². The van der Waals surface area contributed by atoms with Gasteiger partial charge < -0.3 is 18.9 Å². The second kappa shape index (κ2) is 24.1. The number of nitrogens with zero attached hydrogens (tertiary/aromatic N) is 2. The molecule has 0 heterocycles. The first-order chi connectivity index (χ1) is 31.7. The minimum absolute atomic E-state index is 0.137. The van der Waals surface area contributed by atoms with Gasteiger partial charge in [-0.3, -0.25) is 5.01 Å². The van der Waals surface area contributed by atoms with Gasteiger partial charge in [-0.15, -0.1) is 6.42 Å². The molecule has 0 aliphatic rings. The first kappa shape index (κ1) is 46.6. The highest BCUT2D eigenvalue weighted by molar-refractivity contribution is 6.32. The van der Waals surface area contributed by atoms with Gasteiger partial charge in [0.15, 0.2) is 0 Å². The number of halogens is 1. The molecule has 0 amide bonds. The molecule has 0 saturated heterocycles. The molecule has 65 heavy (non-hydrogen) atoms. The van der Waals surface area contributed by atoms with E-state index in [2.05, 4.69) is 55.3 Å². The van der Waals surface area contributed by atoms with E-state index in [1.165, 1.54) is 6.08 Å². The predicted octanol–water partition coefficient (Wildman–Crippen LogP) is 10.5. The van der Waals surface area contributed by atoms with Crippen molar-refractivity contribution in [1.82, 2.24) is 0 Å². The zero-order valence-electron chi connectivity index (χ0n) is 35.8. The molecule has 0 aliphatic carbocycles. The zero-order valence-corrected chi connectivity index (χ0v) is 36.6. The molecular weight excluding hydrogens is 836 g/mol. The van der Waals surface area contributed by atoms with Crippen molar-refractivity contribution in [3.63, 3.8) is 0 Å². The lowest BCUT2D eigenvalue weighted by Gasteiger charge is -2.19. The molecule has 0 atom stereocenters. The van der Waals surface area contributed by atoms with Gasteiger partial charge in [0.2, 0.25) is 0 Å². The highest BCUT2D eigenvalue weighted by atomic mass is 35.5. The third kappa shape index (κ3) is 14.3. The Hall–Kier alpha value is -7.85. The molecule has 6 rings (SSSR count). The van der Waals surface area contributed by atoms with Crippen molar-refractivity contribution < 1.29 is 33.3 Å². The Morgan fingerprint density at radius 1 is 0.677 bits per heavy atom. The molecule has 0 N–H and O–H groups in total. The summed E-state index contributed by atoms with van der Waals surface area (Å²) in [5.41, 5.74) is 8.11. The Kier molecular flexibility index (Phi) is 17.3. The Labute approximate surface area is 384 Å². The van der Waals surface area contributed by atoms with Crippen molar-refractivity contribution in [1.29, 1.82) is 0 Å². The molecule has 0 fully saturated rings. The summed E-state index contributed by atoms with van der Waals surface area (Å²) in [4.78, 5) is 34.3. The molecule has 0 spiro atoms. The topological polar surface area (TPSA) is 104 Å². The quantitative estimate of drug-likeness (QED) is 0.0109. The second-order valence-corrected chi connectivity index (χ2v) is 15.0. The van der Waals surface area contributed by atoms with Crippen LogP contribution < -0.4 is 9.75 Å². The molecule has 0 unspecified atom stereocenters. The van der Waals surface area contributed by atoms with E-state index in [1.54, 1.807) is 12.3 Å². The third-order valence-electron chi connectivity index (χ3n) is 10.1. The first-order valence-electron chi connectivity index (χ1n) is 21.0. The molecule has 0 radical (unpaired) electrons. The highest BCUT2D eigenvalue weighted by Crippen LogP contribution is 2.29. The van der Waals surface area contributed by atoms with Crippen LogP contribution in [0.1, 0.15) is 46.2 Å². The number of para-hydroxylation sites is 1. The number of carbonyl (C=O) groups excluding carboxylic acids is 3. The third-order valence-corrected chi connectivity index (χ3v) is 10.4. The van der Waals surface area contributed by atoms with Gasteiger partial charge in [-0.25, -0.2) is 14.4 Å². The Morgan fingerprint density at radius 2 is 1.34 bits per heavy atom. The van der Waals surface area contributed by atoms with E-state index < -0.39 is 17.9 Å². The maximum Gasteiger partial charge on any atom is 0.384 e. The number of ether oxygens (including phenoxy) is 4. The number of fused-ring (bicyclic) bond motifs is 1. The number of anilines is 1. The van der Waals surface area contributed by atoms with Gasteiger partial charge in [-0.2, -0.15) is 5.10 Å². The van der Waals surface area contributed by atoms with E-state index in [4.69, 9.17) is 42.1 Å². The Bertz CT molecular complexity index is 2760. The largest absolute Gasteiger partial charge is 0.489 e. The van der Waals surface area contributed by atoms with Crippen LogP contribution in [0, 0.1) is 24.2 Å². The van der Waals surface area contributed by atoms with Crippen LogP contribution in [0.25, 0.3) is 21.9 Å². The highest BCUT2D eigenvalue weighted by Gasteiger charge is 2.12. The van der Waals surface area contributed by atoms with E-state index in [9.17, 15) is 14.4 Å². The molecule has 6 aromatic carbocycles. The lowest BCUT2D eigenvalue weighted by atomic mass is 9.98. The van der Waals surface area contributed by atoms with Gasteiger partial charge in [-0.05, 0) is 87.8 Å². The summed E-state index contributed by atoms with van der Waals surface area (Å²) in [7, 11) is 0. The molecule has 0 bridgehead atoms. The number of hydrogen-bond donors (Lipinski definition) is 0. The predicted molar refractivity (Wildman–Crippen MR) is 258 cm³/mol. The number of benzene rings is 6. The van der Waals surface area contributed by atoms with Gasteiger partial charge >= 0.3 is 17.9 Å². The van der Waals surface area contributed by atoms with Gasteiger partial charge in [0, 0.05) is 54.7 Å². The number of rotatable bonds is 20. The standard InChI is InChI=1S/C55H47ClN2O7/c1-4-53(59)62-31-10-12-40-15-17-43(18-16-40)39-65-50-36-48(38-57-58(49-13-8-7-9-14-49)30-11-32-63-54(60)5-2)51(52(56)37-50)28-22-41-19-23-44(24-20-41)46-27-26-45-34-42(21-25-47(45)35-46)29-33-64-55(61)6-3/h2,4,6-9,13-21,23-27,34-38H,1,3,10-12,29-33,39H2/b57-38+. The zero-order chi connectivity index (χ0) is 45.8. The maximum absolute atomic E-state index is 11.5. The summed E-state index contributed by atoms with van der Waals surface area (Å²) in [5.74, 6) is 7.52. The Balaban J connectivity index is 1.21. The molecule has 6 aromatic rings. The van der Waals surface area contributed by atoms with Crippen LogP contribution in [0.15, 0.2) is 158 Å². The van der Waals surface area contributed by atoms with Crippen molar-refractivity contribution in [2.75, 3.05) is 31.4 Å². The van der Waals surface area contributed by atoms with E-state index in [1.807, 2.05) is 102 Å². The molecule has 0 aromatic heterocycles. The van der Waals surface area contributed by atoms with Crippen LogP contribution in [0.2, 0.25) is 5.02 Å². The average Bonchev–Trinajstić information content (AvgIpc) is 3.34. The monoisotopic (exact) mass is 882 g/mol. The molecule has 10 heteroatoms. The minimum atomic E-state index is -0.713. The number of terminal acetylenes is 1. The maximum atomic E-state index is 11.5. The lowest BCUT2D eigenvalue weighted by Crippen LogP contribution is -2.20. The summed E-state index contributed by atoms with van der Waals surface area (Å²) in [5, 5.41) is 9.26. The van der Waals surface area contributed by atoms with Crippen molar-refractivity contribution >= 4 is 52.2 Å². The van der Waals surface area contributed by atoms with Crippen LogP contribution in [0.4, 0.5) is 5.69 Å². The van der Waals surface area contributed by atoms with Gasteiger partial charge in [0.1, 0.15) is 12.4 Å². The van der Waals surface area contributed by atoms with E-state index in [0.717, 1.165) is 62.3 Å². The first-order valence-corrected chi connectivity index (χ1v) is 21.4. The second-order valence-electron chi connectivity index (χ2n) is 14.6. The summed E-state index contributed by atoms with van der Waals surface area (Å²) in [6, 6.07) is 41.9. The smallest absolute Gasteiger partial charge is 0.384 e. The number of aryl methyl sites for hydroxylation is 1. The average molecular weight is 883 g/mol. The van der Waals surface area contributed by atoms with Gasteiger partial charge in [0.05, 0.1) is 42.3 Å². The van der Waals surface area contributed by atoms with Crippen molar-refractivity contribution in [2.24, 2.45) is 5.10 Å². The number of carbonyl (C=O) groups is 3. The summed E-state index contributed by atoms with van der Waals surface area (Å²) < 4.78 is 21.6. The number of hydrogen-bond acceptors (Lipinski definition) is 9. The fourth-order valence-corrected chi connectivity index (χ4v) is 6.91. The Morgan fingerprint density at radius 3 is 2.08 bits per heavy atom. The van der Waals surface area contributed by atoms with E-state index in [0.29, 0.717) is 67.5 Å². The summed E-state index contributed by atoms with van der Waals surface area (Å²) >= 11 is 6.99. The van der Waals surface area contributed by atoms with Crippen molar-refractivity contribution in [2.45, 2.75) is 32.3 Å². The lowest BCUT2D eigenvalue weighted by molar-refractivity contribution is -0.138. The van der Waals surface area contributed by atoms with Crippen LogP contribution in [0.3, 0.4) is 0 Å². The molecule has 0 aliphatic heterocycles. The van der Waals surface area contributed by atoms with Crippen LogP contribution in [-0.4, -0.2) is 50.5 Å². The fraction of sp³-hybridized carbons (Fsp3) is 0.164. The fourth-order valence-electron chi connectivity index (χ4n) is 6.64. The van der Waals surface area contributed by atoms with E-state index in [-0.39, 0.29) is 6.61 Å². The van der Waals surface area contributed by atoms with Crippen LogP contribution in [-0.2, 0) is 48.0 Å². The SMILES string of the molecule is C#CC(=O)OCCCN(/N=C/c1cc(OCc2ccc(CCCOC(=O)C=C)cc2)cc(Cl)c1C#Cc1ccc(-c2ccc3cc(CCOC(=O)C=C)ccc3c2)cc1)c1ccccc1. The number of hydrazone groups is 1. The molecular formula is C55H47ClN2O7.